The number of sulfone groups is 1. The Balaban J connectivity index is 1.42. The molecule has 0 spiro atoms. The van der Waals surface area contributed by atoms with Gasteiger partial charge in [-0.25, -0.2) is 12.8 Å². The Labute approximate surface area is 165 Å². The van der Waals surface area contributed by atoms with Crippen LogP contribution in [0.2, 0.25) is 0 Å². The summed E-state index contributed by atoms with van der Waals surface area (Å²) in [6.45, 7) is 8.54. The fourth-order valence-corrected chi connectivity index (χ4v) is 6.11. The van der Waals surface area contributed by atoms with Gasteiger partial charge in [-0.2, -0.15) is 5.10 Å². The summed E-state index contributed by atoms with van der Waals surface area (Å²) < 4.78 is 38.7. The normalized spacial score (nSPS) is 22.7. The topological polar surface area (TPSA) is 58.4 Å². The fourth-order valence-electron chi connectivity index (χ4n) is 4.41. The summed E-state index contributed by atoms with van der Waals surface area (Å²) in [6, 6.07) is 6.66. The molecule has 2 saturated heterocycles. The summed E-state index contributed by atoms with van der Waals surface area (Å²) >= 11 is 0. The highest BCUT2D eigenvalue weighted by Crippen LogP contribution is 2.31. The Morgan fingerprint density at radius 3 is 2.39 bits per heavy atom. The number of hydrogen-bond acceptors (Lipinski definition) is 5. The van der Waals surface area contributed by atoms with Crippen LogP contribution in [-0.4, -0.2) is 60.8 Å². The highest BCUT2D eigenvalue weighted by atomic mass is 32.2. The standard InChI is InChI=1S/C20H27FN4O2S/c1-15-20(16(2)25(22-15)19-7-12-28(26,27)14-19)24-10-8-23(9-11-24)13-17-3-5-18(21)6-4-17/h3-6,19H,7-14H2,1-2H3. The second-order valence-electron chi connectivity index (χ2n) is 7.91. The number of piperazine rings is 1. The number of aromatic nitrogens is 2. The summed E-state index contributed by atoms with van der Waals surface area (Å²) in [5.74, 6) is 0.249. The molecule has 1 aromatic carbocycles. The second kappa shape index (κ2) is 7.48. The third-order valence-corrected chi connectivity index (χ3v) is 7.60. The number of hydrogen-bond donors (Lipinski definition) is 0. The van der Waals surface area contributed by atoms with Gasteiger partial charge in [-0.15, -0.1) is 0 Å². The smallest absolute Gasteiger partial charge is 0.152 e. The summed E-state index contributed by atoms with van der Waals surface area (Å²) in [7, 11) is -2.93. The van der Waals surface area contributed by atoms with Gasteiger partial charge < -0.3 is 4.90 Å². The molecule has 2 aliphatic rings. The van der Waals surface area contributed by atoms with E-state index in [1.165, 1.54) is 12.1 Å². The van der Waals surface area contributed by atoms with E-state index < -0.39 is 9.84 Å². The predicted molar refractivity (Wildman–Crippen MR) is 108 cm³/mol. The lowest BCUT2D eigenvalue weighted by Gasteiger charge is -2.36. The molecular weight excluding hydrogens is 379 g/mol. The van der Waals surface area contributed by atoms with Gasteiger partial charge in [0.15, 0.2) is 9.84 Å². The molecule has 0 bridgehead atoms. The Kier molecular flexibility index (Phi) is 5.18. The molecule has 1 aromatic heterocycles. The zero-order valence-electron chi connectivity index (χ0n) is 16.4. The molecule has 0 saturated carbocycles. The van der Waals surface area contributed by atoms with E-state index in [-0.39, 0.29) is 23.4 Å². The molecule has 6 nitrogen and oxygen atoms in total. The van der Waals surface area contributed by atoms with Crippen molar-refractivity contribution in [2.45, 2.75) is 32.9 Å². The molecule has 0 N–H and O–H groups in total. The summed E-state index contributed by atoms with van der Waals surface area (Å²) in [5.41, 5.74) is 4.29. The number of rotatable bonds is 4. The lowest BCUT2D eigenvalue weighted by molar-refractivity contribution is 0.249. The van der Waals surface area contributed by atoms with Gasteiger partial charge in [-0.3, -0.25) is 9.58 Å². The Bertz CT molecular complexity index is 947. The first-order chi connectivity index (χ1) is 13.3. The van der Waals surface area contributed by atoms with Gasteiger partial charge in [0.1, 0.15) is 5.82 Å². The van der Waals surface area contributed by atoms with Crippen LogP contribution < -0.4 is 4.90 Å². The molecular formula is C20H27FN4O2S. The van der Waals surface area contributed by atoms with Crippen molar-refractivity contribution in [1.29, 1.82) is 0 Å². The van der Waals surface area contributed by atoms with Crippen LogP contribution in [0.4, 0.5) is 10.1 Å². The summed E-state index contributed by atoms with van der Waals surface area (Å²) in [6.07, 6.45) is 0.648. The number of anilines is 1. The second-order valence-corrected chi connectivity index (χ2v) is 10.1. The maximum atomic E-state index is 13.1. The first kappa shape index (κ1) is 19.4. The average molecular weight is 407 g/mol. The molecule has 1 unspecified atom stereocenters. The number of aryl methyl sites for hydroxylation is 1. The first-order valence-corrected chi connectivity index (χ1v) is 11.6. The molecule has 0 radical (unpaired) electrons. The predicted octanol–water partition coefficient (Wildman–Crippen LogP) is 2.32. The number of halogens is 1. The van der Waals surface area contributed by atoms with Crippen LogP contribution in [0.5, 0.6) is 0 Å². The maximum absolute atomic E-state index is 13.1. The van der Waals surface area contributed by atoms with Crippen molar-refractivity contribution in [3.8, 4) is 0 Å². The quantitative estimate of drug-likeness (QED) is 0.780. The van der Waals surface area contributed by atoms with E-state index in [2.05, 4.69) is 14.9 Å². The van der Waals surface area contributed by atoms with Crippen LogP contribution in [0.15, 0.2) is 24.3 Å². The van der Waals surface area contributed by atoms with Crippen LogP contribution in [0, 0.1) is 19.7 Å². The zero-order chi connectivity index (χ0) is 19.9. The van der Waals surface area contributed by atoms with E-state index in [9.17, 15) is 12.8 Å². The van der Waals surface area contributed by atoms with Crippen LogP contribution >= 0.6 is 0 Å². The molecule has 2 fully saturated rings. The molecule has 4 rings (SSSR count). The van der Waals surface area contributed by atoms with Gasteiger partial charge >= 0.3 is 0 Å². The molecule has 0 aliphatic carbocycles. The van der Waals surface area contributed by atoms with Gasteiger partial charge in [-0.1, -0.05) is 12.1 Å². The Hall–Kier alpha value is -1.93. The fraction of sp³-hybridized carbons (Fsp3) is 0.550. The van der Waals surface area contributed by atoms with Crippen molar-refractivity contribution in [3.63, 3.8) is 0 Å². The molecule has 152 valence electrons. The lowest BCUT2D eigenvalue weighted by atomic mass is 10.1. The maximum Gasteiger partial charge on any atom is 0.152 e. The van der Waals surface area contributed by atoms with Gasteiger partial charge in [-0.05, 0) is 38.0 Å². The molecule has 0 amide bonds. The van der Waals surface area contributed by atoms with Crippen LogP contribution in [0.3, 0.4) is 0 Å². The van der Waals surface area contributed by atoms with Crippen molar-refractivity contribution in [2.24, 2.45) is 0 Å². The molecule has 28 heavy (non-hydrogen) atoms. The van der Waals surface area contributed by atoms with Crippen molar-refractivity contribution >= 4 is 15.5 Å². The first-order valence-electron chi connectivity index (χ1n) is 9.80. The molecule has 2 aromatic rings. The van der Waals surface area contributed by atoms with E-state index >= 15 is 0 Å². The van der Waals surface area contributed by atoms with Gasteiger partial charge in [0.25, 0.3) is 0 Å². The van der Waals surface area contributed by atoms with E-state index in [4.69, 9.17) is 0 Å². The van der Waals surface area contributed by atoms with E-state index in [0.29, 0.717) is 6.42 Å². The van der Waals surface area contributed by atoms with Crippen molar-refractivity contribution in [3.05, 3.63) is 47.0 Å². The zero-order valence-corrected chi connectivity index (χ0v) is 17.3. The van der Waals surface area contributed by atoms with Gasteiger partial charge in [0.2, 0.25) is 0 Å². The molecule has 3 heterocycles. The Morgan fingerprint density at radius 1 is 1.11 bits per heavy atom. The van der Waals surface area contributed by atoms with E-state index in [0.717, 1.165) is 55.4 Å². The SMILES string of the molecule is Cc1nn(C2CCS(=O)(=O)C2)c(C)c1N1CCN(Cc2ccc(F)cc2)CC1. The van der Waals surface area contributed by atoms with E-state index in [1.807, 2.05) is 30.7 Å². The minimum Gasteiger partial charge on any atom is -0.366 e. The minimum atomic E-state index is -2.93. The van der Waals surface area contributed by atoms with Crippen molar-refractivity contribution in [1.82, 2.24) is 14.7 Å². The number of nitrogens with zero attached hydrogens (tertiary/aromatic N) is 4. The third-order valence-electron chi connectivity index (χ3n) is 5.85. The van der Waals surface area contributed by atoms with Crippen LogP contribution in [0.1, 0.15) is 29.4 Å². The van der Waals surface area contributed by atoms with E-state index in [1.54, 1.807) is 0 Å². The molecule has 1 atom stereocenters. The van der Waals surface area contributed by atoms with Crippen molar-refractivity contribution < 1.29 is 12.8 Å². The van der Waals surface area contributed by atoms with Gasteiger partial charge in [0, 0.05) is 32.7 Å². The average Bonchev–Trinajstić information content (AvgIpc) is 3.16. The number of benzene rings is 1. The Morgan fingerprint density at radius 2 is 1.79 bits per heavy atom. The molecule has 8 heteroatoms. The highest BCUT2D eigenvalue weighted by molar-refractivity contribution is 7.91. The minimum absolute atomic E-state index is 0.0442. The summed E-state index contributed by atoms with van der Waals surface area (Å²) in [5, 5.41) is 4.69. The van der Waals surface area contributed by atoms with Crippen LogP contribution in [-0.2, 0) is 16.4 Å². The molecule has 2 aliphatic heterocycles. The monoisotopic (exact) mass is 406 g/mol. The summed E-state index contributed by atoms with van der Waals surface area (Å²) in [4.78, 5) is 4.74. The largest absolute Gasteiger partial charge is 0.366 e. The van der Waals surface area contributed by atoms with Crippen molar-refractivity contribution in [2.75, 3.05) is 42.6 Å². The van der Waals surface area contributed by atoms with Crippen LogP contribution in [0.25, 0.3) is 0 Å². The highest BCUT2D eigenvalue weighted by Gasteiger charge is 2.32. The lowest BCUT2D eigenvalue weighted by Crippen LogP contribution is -2.46. The van der Waals surface area contributed by atoms with Gasteiger partial charge in [0.05, 0.1) is 34.6 Å². The third kappa shape index (κ3) is 3.93.